The third-order valence-corrected chi connectivity index (χ3v) is 1.15. The van der Waals surface area contributed by atoms with Gasteiger partial charge in [0.25, 0.3) is 0 Å². The van der Waals surface area contributed by atoms with E-state index in [0.717, 1.165) is 6.54 Å². The standard InChI is InChI=1S/C8H11N.Li/c1-2-9-8-6-4-3-5-7-8;/h3-7,9H,2H2,1H3;. The number of anilines is 1. The van der Waals surface area contributed by atoms with Gasteiger partial charge in [-0.25, -0.2) is 0 Å². The first-order valence-corrected chi connectivity index (χ1v) is 3.22. The molecule has 0 aliphatic rings. The number of nitrogens with one attached hydrogen (secondary N) is 1. The number of para-hydroxylation sites is 1. The van der Waals surface area contributed by atoms with Crippen LogP contribution in [0.15, 0.2) is 30.3 Å². The van der Waals surface area contributed by atoms with Crippen LogP contribution in [0.4, 0.5) is 5.69 Å². The minimum absolute atomic E-state index is 0. The second-order valence-corrected chi connectivity index (χ2v) is 1.90. The molecule has 1 aromatic rings. The molecule has 0 atom stereocenters. The number of rotatable bonds is 2. The Morgan fingerprint density at radius 3 is 2.30 bits per heavy atom. The van der Waals surface area contributed by atoms with Gasteiger partial charge < -0.3 is 5.32 Å². The van der Waals surface area contributed by atoms with Crippen LogP contribution < -0.4 is 5.32 Å². The van der Waals surface area contributed by atoms with Crippen LogP contribution in [0.25, 0.3) is 0 Å². The fourth-order valence-corrected chi connectivity index (χ4v) is 0.760. The number of hydrogen-bond acceptors (Lipinski definition) is 1. The molecular weight excluding hydrogens is 117 g/mol. The summed E-state index contributed by atoms with van der Waals surface area (Å²) in [6, 6.07) is 10.2. The fourth-order valence-electron chi connectivity index (χ4n) is 0.760. The Hall–Kier alpha value is -0.383. The minimum Gasteiger partial charge on any atom is -0.385 e. The summed E-state index contributed by atoms with van der Waals surface area (Å²) >= 11 is 0. The molecule has 0 saturated heterocycles. The third-order valence-electron chi connectivity index (χ3n) is 1.15. The van der Waals surface area contributed by atoms with Crippen molar-refractivity contribution in [3.63, 3.8) is 0 Å². The van der Waals surface area contributed by atoms with E-state index in [4.69, 9.17) is 0 Å². The van der Waals surface area contributed by atoms with Crippen molar-refractivity contribution < 1.29 is 0 Å². The Labute approximate surface area is 74.0 Å². The Morgan fingerprint density at radius 1 is 1.20 bits per heavy atom. The maximum absolute atomic E-state index is 3.21. The second kappa shape index (κ2) is 5.41. The fraction of sp³-hybridized carbons (Fsp3) is 0.250. The van der Waals surface area contributed by atoms with Gasteiger partial charge in [0.05, 0.1) is 0 Å². The van der Waals surface area contributed by atoms with Gasteiger partial charge in [-0.05, 0) is 19.1 Å². The van der Waals surface area contributed by atoms with Crippen LogP contribution in [0, 0.1) is 0 Å². The van der Waals surface area contributed by atoms with Gasteiger partial charge in [0.1, 0.15) is 0 Å². The topological polar surface area (TPSA) is 12.0 Å². The third kappa shape index (κ3) is 2.96. The summed E-state index contributed by atoms with van der Waals surface area (Å²) in [4.78, 5) is 0. The smallest absolute Gasteiger partial charge is 0.0340 e. The Bertz CT molecular complexity index is 162. The second-order valence-electron chi connectivity index (χ2n) is 1.90. The molecule has 1 aromatic carbocycles. The molecule has 49 valence electrons. The SMILES string of the molecule is CCNc1ccccc1.[Li]. The molecule has 0 bridgehead atoms. The van der Waals surface area contributed by atoms with E-state index in [1.54, 1.807) is 0 Å². The average molecular weight is 128 g/mol. The molecule has 0 heterocycles. The summed E-state index contributed by atoms with van der Waals surface area (Å²) in [7, 11) is 0. The van der Waals surface area contributed by atoms with Gasteiger partial charge in [-0.15, -0.1) is 0 Å². The molecule has 0 aliphatic carbocycles. The molecular formula is C8H11LiN. The van der Waals surface area contributed by atoms with Gasteiger partial charge in [0.2, 0.25) is 0 Å². The van der Waals surface area contributed by atoms with Crippen molar-refractivity contribution >= 4 is 24.5 Å². The Morgan fingerprint density at radius 2 is 1.80 bits per heavy atom. The first kappa shape index (κ1) is 9.62. The van der Waals surface area contributed by atoms with Crippen LogP contribution in [0.1, 0.15) is 6.92 Å². The normalized spacial score (nSPS) is 8.10. The predicted molar refractivity (Wildman–Crippen MR) is 46.4 cm³/mol. The molecule has 0 fully saturated rings. The molecule has 1 N–H and O–H groups in total. The van der Waals surface area contributed by atoms with Crippen molar-refractivity contribution in [1.29, 1.82) is 0 Å². The molecule has 0 amide bonds. The summed E-state index contributed by atoms with van der Waals surface area (Å²) < 4.78 is 0. The summed E-state index contributed by atoms with van der Waals surface area (Å²) in [5.41, 5.74) is 1.19. The predicted octanol–water partition coefficient (Wildman–Crippen LogP) is 1.74. The van der Waals surface area contributed by atoms with Crippen molar-refractivity contribution in [2.45, 2.75) is 6.92 Å². The van der Waals surface area contributed by atoms with E-state index >= 15 is 0 Å². The maximum atomic E-state index is 3.21. The van der Waals surface area contributed by atoms with Crippen molar-refractivity contribution in [2.75, 3.05) is 11.9 Å². The molecule has 2 heteroatoms. The van der Waals surface area contributed by atoms with Gasteiger partial charge in [-0.2, -0.15) is 0 Å². The molecule has 0 spiro atoms. The van der Waals surface area contributed by atoms with Gasteiger partial charge in [-0.3, -0.25) is 0 Å². The van der Waals surface area contributed by atoms with Gasteiger partial charge in [0.15, 0.2) is 0 Å². The maximum Gasteiger partial charge on any atom is 0.0340 e. The average Bonchev–Trinajstić information content (AvgIpc) is 1.91. The van der Waals surface area contributed by atoms with E-state index in [9.17, 15) is 0 Å². The van der Waals surface area contributed by atoms with Crippen LogP contribution in [-0.2, 0) is 0 Å². The molecule has 0 aromatic heterocycles. The summed E-state index contributed by atoms with van der Waals surface area (Å²) in [6.07, 6.45) is 0. The van der Waals surface area contributed by atoms with Crippen molar-refractivity contribution in [1.82, 2.24) is 0 Å². The van der Waals surface area contributed by atoms with E-state index in [0.29, 0.717) is 0 Å². The quantitative estimate of drug-likeness (QED) is 0.598. The van der Waals surface area contributed by atoms with Crippen LogP contribution >= 0.6 is 0 Å². The first-order valence-electron chi connectivity index (χ1n) is 3.22. The van der Waals surface area contributed by atoms with Crippen molar-refractivity contribution in [3.8, 4) is 0 Å². The van der Waals surface area contributed by atoms with Crippen LogP contribution in [-0.4, -0.2) is 25.4 Å². The minimum atomic E-state index is 0. The molecule has 0 saturated carbocycles. The molecule has 1 radical (unpaired) electrons. The molecule has 1 rings (SSSR count). The summed E-state index contributed by atoms with van der Waals surface area (Å²) in [5.74, 6) is 0. The van der Waals surface area contributed by atoms with Crippen LogP contribution in [0.2, 0.25) is 0 Å². The van der Waals surface area contributed by atoms with E-state index in [1.165, 1.54) is 5.69 Å². The largest absolute Gasteiger partial charge is 0.385 e. The first-order chi connectivity index (χ1) is 4.43. The molecule has 1 nitrogen and oxygen atoms in total. The zero-order valence-electron chi connectivity index (χ0n) is 6.59. The summed E-state index contributed by atoms with van der Waals surface area (Å²) in [6.45, 7) is 3.08. The molecule has 0 unspecified atom stereocenters. The van der Waals surface area contributed by atoms with Gasteiger partial charge >= 0.3 is 0 Å². The van der Waals surface area contributed by atoms with E-state index in [2.05, 4.69) is 24.4 Å². The Kier molecular flexibility index (Phi) is 5.20. The van der Waals surface area contributed by atoms with Gasteiger partial charge in [0, 0.05) is 31.1 Å². The number of benzene rings is 1. The van der Waals surface area contributed by atoms with E-state index in [-0.39, 0.29) is 18.9 Å². The van der Waals surface area contributed by atoms with E-state index < -0.39 is 0 Å². The van der Waals surface area contributed by atoms with Crippen molar-refractivity contribution in [2.24, 2.45) is 0 Å². The van der Waals surface area contributed by atoms with Gasteiger partial charge in [-0.1, -0.05) is 18.2 Å². The number of hydrogen-bond donors (Lipinski definition) is 1. The van der Waals surface area contributed by atoms with E-state index in [1.807, 2.05) is 18.2 Å². The van der Waals surface area contributed by atoms with Crippen molar-refractivity contribution in [3.05, 3.63) is 30.3 Å². The van der Waals surface area contributed by atoms with Crippen LogP contribution in [0.5, 0.6) is 0 Å². The van der Waals surface area contributed by atoms with Crippen LogP contribution in [0.3, 0.4) is 0 Å². The Balaban J connectivity index is 0.000000810. The molecule has 10 heavy (non-hydrogen) atoms. The monoisotopic (exact) mass is 128 g/mol. The molecule has 0 aliphatic heterocycles. The zero-order chi connectivity index (χ0) is 6.53. The zero-order valence-corrected chi connectivity index (χ0v) is 6.59. The summed E-state index contributed by atoms with van der Waals surface area (Å²) in [5, 5.41) is 3.21.